The fraction of sp³-hybridized carbons (Fsp3) is 0.118. The summed E-state index contributed by atoms with van der Waals surface area (Å²) in [6.07, 6.45) is 0. The van der Waals surface area contributed by atoms with Gasteiger partial charge in [0.1, 0.15) is 29.6 Å². The highest BCUT2D eigenvalue weighted by Crippen LogP contribution is 2.49. The van der Waals surface area contributed by atoms with E-state index in [9.17, 15) is 10.1 Å². The second kappa shape index (κ2) is 12.3. The fourth-order valence-electron chi connectivity index (χ4n) is 4.78. The summed E-state index contributed by atoms with van der Waals surface area (Å²) >= 11 is 0. The summed E-state index contributed by atoms with van der Waals surface area (Å²) < 4.78 is 22.8. The number of methoxy groups -OCH3 is 3. The molecule has 0 aromatic heterocycles. The summed E-state index contributed by atoms with van der Waals surface area (Å²) in [5, 5.41) is 12.5. The summed E-state index contributed by atoms with van der Waals surface area (Å²) in [5.41, 5.74) is 4.99. The Kier molecular flexibility index (Phi) is 8.15. The molecule has 0 saturated carbocycles. The third-order valence-corrected chi connectivity index (χ3v) is 6.84. The highest BCUT2D eigenvalue weighted by atomic mass is 16.6. The Bertz CT molecular complexity index is 1650. The predicted molar refractivity (Wildman–Crippen MR) is 160 cm³/mol. The smallest absolute Gasteiger partial charge is 0.277 e. The van der Waals surface area contributed by atoms with Gasteiger partial charge in [0.05, 0.1) is 31.8 Å². The van der Waals surface area contributed by atoms with Gasteiger partial charge in [0.2, 0.25) is 0 Å². The fourth-order valence-corrected chi connectivity index (χ4v) is 4.78. The van der Waals surface area contributed by atoms with Crippen LogP contribution < -0.4 is 18.9 Å². The lowest BCUT2D eigenvalue weighted by atomic mass is 9.87. The Morgan fingerprint density at radius 3 is 1.76 bits per heavy atom. The Labute approximate surface area is 238 Å². The number of rotatable bonds is 10. The topological polar surface area (TPSA) is 80.1 Å². The molecule has 206 valence electrons. The number of benzene rings is 5. The van der Waals surface area contributed by atoms with Crippen LogP contribution in [-0.2, 0) is 6.61 Å². The summed E-state index contributed by atoms with van der Waals surface area (Å²) in [5.74, 6) is 2.41. The zero-order valence-electron chi connectivity index (χ0n) is 23.0. The number of ether oxygens (including phenoxy) is 4. The van der Waals surface area contributed by atoms with Crippen molar-refractivity contribution in [3.05, 3.63) is 125 Å². The van der Waals surface area contributed by atoms with Crippen LogP contribution in [-0.4, -0.2) is 26.3 Å². The maximum Gasteiger partial charge on any atom is 0.277 e. The number of hydrogen-bond donors (Lipinski definition) is 0. The molecule has 0 fully saturated rings. The molecule has 0 aliphatic heterocycles. The second-order valence-corrected chi connectivity index (χ2v) is 9.24. The Hall–Kier alpha value is -5.30. The van der Waals surface area contributed by atoms with E-state index >= 15 is 0 Å². The van der Waals surface area contributed by atoms with Crippen LogP contribution in [0.5, 0.6) is 23.0 Å². The van der Waals surface area contributed by atoms with Gasteiger partial charge >= 0.3 is 0 Å². The molecule has 5 rings (SSSR count). The van der Waals surface area contributed by atoms with E-state index in [0.29, 0.717) is 39.7 Å². The molecule has 0 spiro atoms. The molecule has 5 aromatic carbocycles. The van der Waals surface area contributed by atoms with Crippen LogP contribution in [0, 0.1) is 10.1 Å². The van der Waals surface area contributed by atoms with Gasteiger partial charge in [-0.25, -0.2) is 0 Å². The van der Waals surface area contributed by atoms with Gasteiger partial charge in [-0.05, 0) is 58.1 Å². The summed E-state index contributed by atoms with van der Waals surface area (Å²) in [6, 6.07) is 33.5. The molecule has 0 aliphatic carbocycles. The van der Waals surface area contributed by atoms with Crippen molar-refractivity contribution in [2.45, 2.75) is 6.61 Å². The van der Waals surface area contributed by atoms with Crippen molar-refractivity contribution in [3.8, 4) is 56.4 Å². The molecule has 0 radical (unpaired) electrons. The SMILES string of the molecule is COc1ccc(-c2cc(OC)cc(OCc3ccccc3)c2-c2c(-c3ccc(OC)cc3)cccc2[N+](=O)[O-])cc1. The molecule has 0 amide bonds. The molecule has 5 aromatic rings. The Morgan fingerprint density at radius 2 is 1.20 bits per heavy atom. The van der Waals surface area contributed by atoms with Crippen molar-refractivity contribution in [2.24, 2.45) is 0 Å². The summed E-state index contributed by atoms with van der Waals surface area (Å²) in [7, 11) is 4.79. The van der Waals surface area contributed by atoms with E-state index in [1.165, 1.54) is 6.07 Å². The van der Waals surface area contributed by atoms with Crippen LogP contribution in [0.25, 0.3) is 33.4 Å². The minimum atomic E-state index is -0.356. The lowest BCUT2D eigenvalue weighted by molar-refractivity contribution is -0.384. The monoisotopic (exact) mass is 547 g/mol. The first-order valence-corrected chi connectivity index (χ1v) is 13.0. The standard InChI is InChI=1S/C34H29NO6/c1-38-26-16-12-24(13-17-26)29-10-7-11-31(35(36)37)33(29)34-30(25-14-18-27(39-2)19-15-25)20-28(40-3)21-32(34)41-22-23-8-5-4-6-9-23/h4-21H,22H2,1-3H3. The van der Waals surface area contributed by atoms with Crippen molar-refractivity contribution in [3.63, 3.8) is 0 Å². The van der Waals surface area contributed by atoms with Gasteiger partial charge in [-0.1, -0.05) is 66.7 Å². The van der Waals surface area contributed by atoms with E-state index in [0.717, 1.165) is 22.3 Å². The van der Waals surface area contributed by atoms with Gasteiger partial charge in [0.25, 0.3) is 5.69 Å². The van der Waals surface area contributed by atoms with Crippen LogP contribution in [0.1, 0.15) is 5.56 Å². The van der Waals surface area contributed by atoms with Gasteiger partial charge < -0.3 is 18.9 Å². The van der Waals surface area contributed by atoms with Crippen LogP contribution >= 0.6 is 0 Å². The average Bonchev–Trinajstić information content (AvgIpc) is 3.03. The van der Waals surface area contributed by atoms with E-state index in [1.54, 1.807) is 33.5 Å². The normalized spacial score (nSPS) is 10.6. The van der Waals surface area contributed by atoms with Crippen LogP contribution in [0.4, 0.5) is 5.69 Å². The molecule has 0 N–H and O–H groups in total. The van der Waals surface area contributed by atoms with Gasteiger partial charge in [0.15, 0.2) is 0 Å². The molecule has 0 aliphatic rings. The number of nitro groups is 1. The zero-order chi connectivity index (χ0) is 28.8. The third kappa shape index (κ3) is 5.84. The Morgan fingerprint density at radius 1 is 0.610 bits per heavy atom. The molecule has 0 bridgehead atoms. The van der Waals surface area contributed by atoms with Crippen LogP contribution in [0.2, 0.25) is 0 Å². The number of nitro benzene ring substituents is 1. The lowest BCUT2D eigenvalue weighted by Crippen LogP contribution is -2.02. The number of hydrogen-bond acceptors (Lipinski definition) is 6. The largest absolute Gasteiger partial charge is 0.497 e. The van der Waals surface area contributed by atoms with Crippen molar-refractivity contribution < 1.29 is 23.9 Å². The van der Waals surface area contributed by atoms with Gasteiger partial charge in [-0.2, -0.15) is 0 Å². The molecule has 41 heavy (non-hydrogen) atoms. The highest BCUT2D eigenvalue weighted by molar-refractivity contribution is 5.99. The molecule has 0 unspecified atom stereocenters. The molecule has 0 atom stereocenters. The zero-order valence-corrected chi connectivity index (χ0v) is 23.0. The molecule has 7 heteroatoms. The summed E-state index contributed by atoms with van der Waals surface area (Å²) in [6.45, 7) is 0.265. The van der Waals surface area contributed by atoms with Gasteiger partial charge in [-0.3, -0.25) is 10.1 Å². The quantitative estimate of drug-likeness (QED) is 0.130. The molecular weight excluding hydrogens is 518 g/mol. The van der Waals surface area contributed by atoms with Crippen molar-refractivity contribution >= 4 is 5.69 Å². The first-order valence-electron chi connectivity index (χ1n) is 13.0. The third-order valence-electron chi connectivity index (χ3n) is 6.84. The van der Waals surface area contributed by atoms with Crippen LogP contribution in [0.15, 0.2) is 109 Å². The molecule has 0 saturated heterocycles. The van der Waals surface area contributed by atoms with Crippen molar-refractivity contribution in [1.29, 1.82) is 0 Å². The average molecular weight is 548 g/mol. The molecule has 7 nitrogen and oxygen atoms in total. The van der Waals surface area contributed by atoms with Gasteiger partial charge in [0, 0.05) is 17.7 Å². The van der Waals surface area contributed by atoms with Crippen LogP contribution in [0.3, 0.4) is 0 Å². The predicted octanol–water partition coefficient (Wildman–Crippen LogP) is 8.20. The van der Waals surface area contributed by atoms with Gasteiger partial charge in [-0.15, -0.1) is 0 Å². The summed E-state index contributed by atoms with van der Waals surface area (Å²) in [4.78, 5) is 12.2. The van der Waals surface area contributed by atoms with E-state index < -0.39 is 0 Å². The molecule has 0 heterocycles. The van der Waals surface area contributed by atoms with E-state index in [-0.39, 0.29) is 17.2 Å². The maximum absolute atomic E-state index is 12.5. The van der Waals surface area contributed by atoms with E-state index in [2.05, 4.69) is 0 Å². The van der Waals surface area contributed by atoms with E-state index in [4.69, 9.17) is 18.9 Å². The highest BCUT2D eigenvalue weighted by Gasteiger charge is 2.27. The van der Waals surface area contributed by atoms with Crippen molar-refractivity contribution in [2.75, 3.05) is 21.3 Å². The molecular formula is C34H29NO6. The first kappa shape index (κ1) is 27.3. The van der Waals surface area contributed by atoms with Crippen molar-refractivity contribution in [1.82, 2.24) is 0 Å². The number of nitrogens with zero attached hydrogens (tertiary/aromatic N) is 1. The minimum Gasteiger partial charge on any atom is -0.497 e. The first-order chi connectivity index (χ1) is 20.0. The van der Waals surface area contributed by atoms with E-state index in [1.807, 2.05) is 91.0 Å². The second-order valence-electron chi connectivity index (χ2n) is 9.24. The minimum absolute atomic E-state index is 0.0391. The maximum atomic E-state index is 12.5. The Balaban J connectivity index is 1.81. The lowest BCUT2D eigenvalue weighted by Gasteiger charge is -2.21.